The van der Waals surface area contributed by atoms with Crippen molar-refractivity contribution in [2.75, 3.05) is 24.7 Å². The number of benzene rings is 2. The highest BCUT2D eigenvalue weighted by molar-refractivity contribution is 5.95. The zero-order valence-corrected chi connectivity index (χ0v) is 14.2. The Morgan fingerprint density at radius 1 is 1.08 bits per heavy atom. The number of hydrogen-bond acceptors (Lipinski definition) is 3. The Morgan fingerprint density at radius 3 is 2.50 bits per heavy atom. The van der Waals surface area contributed by atoms with Crippen LogP contribution in [0.25, 0.3) is 0 Å². The maximum absolute atomic E-state index is 12.6. The molecule has 0 unspecified atom stereocenters. The number of nitrogens with zero attached hydrogens (tertiary/aromatic N) is 1. The molecule has 0 aliphatic carbocycles. The Bertz CT molecular complexity index is 709. The van der Waals surface area contributed by atoms with E-state index in [2.05, 4.69) is 19.1 Å². The summed E-state index contributed by atoms with van der Waals surface area (Å²) >= 11 is 0. The number of carbonyl (C=O) groups is 1. The topological polar surface area (TPSA) is 38.8 Å². The Labute approximate surface area is 143 Å². The smallest absolute Gasteiger partial charge is 0.264 e. The number of rotatable bonds is 5. The molecule has 24 heavy (non-hydrogen) atoms. The van der Waals surface area contributed by atoms with Gasteiger partial charge in [-0.3, -0.25) is 4.79 Å². The third-order valence-corrected chi connectivity index (χ3v) is 4.15. The van der Waals surface area contributed by atoms with Crippen molar-refractivity contribution in [3.63, 3.8) is 0 Å². The van der Waals surface area contributed by atoms with Crippen LogP contribution >= 0.6 is 0 Å². The first-order valence-corrected chi connectivity index (χ1v) is 8.43. The molecule has 0 saturated carbocycles. The molecule has 1 aliphatic rings. The number of carbonyl (C=O) groups excluding carboxylic acids is 1. The van der Waals surface area contributed by atoms with Crippen LogP contribution in [0.5, 0.6) is 11.5 Å². The number of fused-ring (bicyclic) bond motifs is 1. The quantitative estimate of drug-likeness (QED) is 0.840. The Kier molecular flexibility index (Phi) is 5.04. The molecule has 0 bridgehead atoms. The molecule has 1 heterocycles. The fourth-order valence-corrected chi connectivity index (χ4v) is 3.01. The van der Waals surface area contributed by atoms with Gasteiger partial charge >= 0.3 is 0 Å². The summed E-state index contributed by atoms with van der Waals surface area (Å²) < 4.78 is 11.0. The zero-order chi connectivity index (χ0) is 16.9. The lowest BCUT2D eigenvalue weighted by Crippen LogP contribution is -2.38. The lowest BCUT2D eigenvalue weighted by Gasteiger charge is -2.29. The zero-order valence-electron chi connectivity index (χ0n) is 14.2. The normalized spacial score (nSPS) is 13.3. The van der Waals surface area contributed by atoms with Gasteiger partial charge in [0.25, 0.3) is 5.91 Å². The molecule has 1 aliphatic heterocycles. The molecule has 2 aromatic carbocycles. The molecule has 0 aromatic heterocycles. The number of aryl methyl sites for hydroxylation is 2. The highest BCUT2D eigenvalue weighted by Gasteiger charge is 2.22. The van der Waals surface area contributed by atoms with Gasteiger partial charge in [-0.05, 0) is 62.6 Å². The maximum atomic E-state index is 12.6. The van der Waals surface area contributed by atoms with Crippen LogP contribution in [0, 0.1) is 6.92 Å². The van der Waals surface area contributed by atoms with E-state index in [-0.39, 0.29) is 12.5 Å². The van der Waals surface area contributed by atoms with Gasteiger partial charge in [0.2, 0.25) is 0 Å². The van der Waals surface area contributed by atoms with E-state index in [0.29, 0.717) is 12.4 Å². The van der Waals surface area contributed by atoms with E-state index < -0.39 is 0 Å². The van der Waals surface area contributed by atoms with Crippen LogP contribution < -0.4 is 14.4 Å². The van der Waals surface area contributed by atoms with Crippen molar-refractivity contribution in [1.82, 2.24) is 0 Å². The summed E-state index contributed by atoms with van der Waals surface area (Å²) in [7, 11) is 0. The van der Waals surface area contributed by atoms with Gasteiger partial charge in [-0.2, -0.15) is 0 Å². The fourth-order valence-electron chi connectivity index (χ4n) is 3.01. The molecule has 0 fully saturated rings. The van der Waals surface area contributed by atoms with Crippen LogP contribution in [0.3, 0.4) is 0 Å². The van der Waals surface area contributed by atoms with Crippen LogP contribution in [-0.4, -0.2) is 25.7 Å². The lowest BCUT2D eigenvalue weighted by atomic mass is 9.99. The van der Waals surface area contributed by atoms with Gasteiger partial charge in [-0.15, -0.1) is 0 Å². The monoisotopic (exact) mass is 325 g/mol. The van der Waals surface area contributed by atoms with Crippen molar-refractivity contribution in [1.29, 1.82) is 0 Å². The van der Waals surface area contributed by atoms with Gasteiger partial charge in [0.15, 0.2) is 6.61 Å². The molecule has 0 radical (unpaired) electrons. The van der Waals surface area contributed by atoms with Crippen molar-refractivity contribution in [2.45, 2.75) is 26.7 Å². The minimum Gasteiger partial charge on any atom is -0.494 e. The van der Waals surface area contributed by atoms with E-state index in [1.165, 1.54) is 11.1 Å². The van der Waals surface area contributed by atoms with E-state index in [9.17, 15) is 4.79 Å². The molecule has 4 heteroatoms. The first-order chi connectivity index (χ1) is 11.7. The molecule has 0 atom stereocenters. The maximum Gasteiger partial charge on any atom is 0.264 e. The van der Waals surface area contributed by atoms with Crippen molar-refractivity contribution >= 4 is 11.6 Å². The van der Waals surface area contributed by atoms with Crippen LogP contribution in [-0.2, 0) is 11.2 Å². The van der Waals surface area contributed by atoms with E-state index in [0.717, 1.165) is 30.8 Å². The molecule has 3 rings (SSSR count). The molecule has 2 aromatic rings. The van der Waals surface area contributed by atoms with Crippen molar-refractivity contribution in [2.24, 2.45) is 0 Å². The average Bonchev–Trinajstić information content (AvgIpc) is 2.60. The number of amides is 1. The Balaban J connectivity index is 1.63. The molecule has 0 N–H and O–H groups in total. The van der Waals surface area contributed by atoms with Gasteiger partial charge in [0.05, 0.1) is 6.61 Å². The van der Waals surface area contributed by atoms with E-state index in [1.54, 1.807) is 0 Å². The van der Waals surface area contributed by atoms with Gasteiger partial charge in [-0.25, -0.2) is 0 Å². The second-order valence-corrected chi connectivity index (χ2v) is 5.97. The fraction of sp³-hybridized carbons (Fsp3) is 0.350. The SMILES string of the molecule is CCOc1ccc(OCC(=O)N2CCCc3cc(C)ccc32)cc1. The predicted octanol–water partition coefficient (Wildman–Crippen LogP) is 3.75. The van der Waals surface area contributed by atoms with Crippen LogP contribution in [0.1, 0.15) is 24.5 Å². The molecule has 1 amide bonds. The number of hydrogen-bond donors (Lipinski definition) is 0. The minimum atomic E-state index is -0.00584. The molecule has 0 spiro atoms. The second kappa shape index (κ2) is 7.39. The largest absolute Gasteiger partial charge is 0.494 e. The summed E-state index contributed by atoms with van der Waals surface area (Å²) in [5, 5.41) is 0. The minimum absolute atomic E-state index is 0.00584. The summed E-state index contributed by atoms with van der Waals surface area (Å²) in [6.45, 7) is 5.45. The lowest BCUT2D eigenvalue weighted by molar-refractivity contribution is -0.120. The molecular formula is C20H23NO3. The number of anilines is 1. The second-order valence-electron chi connectivity index (χ2n) is 5.97. The Hall–Kier alpha value is -2.49. The molecular weight excluding hydrogens is 302 g/mol. The van der Waals surface area contributed by atoms with Crippen LogP contribution in [0.2, 0.25) is 0 Å². The summed E-state index contributed by atoms with van der Waals surface area (Å²) in [5.41, 5.74) is 3.50. The van der Waals surface area contributed by atoms with Gasteiger partial charge in [0, 0.05) is 12.2 Å². The summed E-state index contributed by atoms with van der Waals surface area (Å²) in [6, 6.07) is 13.6. The van der Waals surface area contributed by atoms with Crippen molar-refractivity contribution < 1.29 is 14.3 Å². The summed E-state index contributed by atoms with van der Waals surface area (Å²) in [4.78, 5) is 14.4. The van der Waals surface area contributed by atoms with Gasteiger partial charge in [-0.1, -0.05) is 17.7 Å². The summed E-state index contributed by atoms with van der Waals surface area (Å²) in [6.07, 6.45) is 2.02. The molecule has 126 valence electrons. The predicted molar refractivity (Wildman–Crippen MR) is 95.0 cm³/mol. The first kappa shape index (κ1) is 16.4. The standard InChI is InChI=1S/C20H23NO3/c1-3-23-17-7-9-18(10-8-17)24-14-20(22)21-12-4-5-16-13-15(2)6-11-19(16)21/h6-11,13H,3-5,12,14H2,1-2H3. The van der Waals surface area contributed by atoms with Crippen LogP contribution in [0.15, 0.2) is 42.5 Å². The van der Waals surface area contributed by atoms with Gasteiger partial charge < -0.3 is 14.4 Å². The molecule has 0 saturated heterocycles. The number of ether oxygens (including phenoxy) is 2. The van der Waals surface area contributed by atoms with Crippen molar-refractivity contribution in [3.8, 4) is 11.5 Å². The van der Waals surface area contributed by atoms with Crippen LogP contribution in [0.4, 0.5) is 5.69 Å². The highest BCUT2D eigenvalue weighted by Crippen LogP contribution is 2.28. The third-order valence-electron chi connectivity index (χ3n) is 4.15. The average molecular weight is 325 g/mol. The third kappa shape index (κ3) is 3.70. The van der Waals surface area contributed by atoms with Crippen molar-refractivity contribution in [3.05, 3.63) is 53.6 Å². The first-order valence-electron chi connectivity index (χ1n) is 8.43. The summed E-state index contributed by atoms with van der Waals surface area (Å²) in [5.74, 6) is 1.47. The van der Waals surface area contributed by atoms with E-state index in [4.69, 9.17) is 9.47 Å². The van der Waals surface area contributed by atoms with E-state index in [1.807, 2.05) is 42.2 Å². The van der Waals surface area contributed by atoms with E-state index >= 15 is 0 Å². The molecule has 4 nitrogen and oxygen atoms in total. The highest BCUT2D eigenvalue weighted by atomic mass is 16.5. The Morgan fingerprint density at radius 2 is 1.79 bits per heavy atom. The van der Waals surface area contributed by atoms with Gasteiger partial charge in [0.1, 0.15) is 11.5 Å².